The summed E-state index contributed by atoms with van der Waals surface area (Å²) in [4.78, 5) is 12.0. The van der Waals surface area contributed by atoms with Crippen LogP contribution in [-0.2, 0) is 9.53 Å². The minimum Gasteiger partial charge on any atom is -0.378 e. The van der Waals surface area contributed by atoms with Crippen LogP contribution in [0.25, 0.3) is 0 Å². The molecule has 0 bridgehead atoms. The van der Waals surface area contributed by atoms with Crippen LogP contribution in [-0.4, -0.2) is 37.7 Å². The summed E-state index contributed by atoms with van der Waals surface area (Å²) in [5.41, 5.74) is 0. The Labute approximate surface area is 116 Å². The zero-order chi connectivity index (χ0) is 13.7. The Morgan fingerprint density at radius 1 is 1.42 bits per heavy atom. The Morgan fingerprint density at radius 3 is 2.95 bits per heavy atom. The predicted molar refractivity (Wildman–Crippen MR) is 76.0 cm³/mol. The number of carbonyl (C=O) groups is 1. The minimum atomic E-state index is 0.178. The standard InChI is InChI=1S/C15H28N2O2/c1-11(2)12-4-3-5-13(8-12)17-15(18)9-14-10-19-7-6-16-14/h11-14,16H,3-10H2,1-2H3,(H,17,18). The van der Waals surface area contributed by atoms with Gasteiger partial charge in [-0.25, -0.2) is 0 Å². The first-order valence-corrected chi connectivity index (χ1v) is 7.75. The van der Waals surface area contributed by atoms with E-state index in [0.29, 0.717) is 19.1 Å². The van der Waals surface area contributed by atoms with E-state index in [0.717, 1.165) is 37.8 Å². The molecule has 4 heteroatoms. The highest BCUT2D eigenvalue weighted by atomic mass is 16.5. The molecule has 0 radical (unpaired) electrons. The molecule has 1 aliphatic carbocycles. The molecule has 19 heavy (non-hydrogen) atoms. The number of hydrogen-bond donors (Lipinski definition) is 2. The van der Waals surface area contributed by atoms with Crippen molar-refractivity contribution in [2.45, 2.75) is 58.0 Å². The molecule has 1 amide bonds. The molecule has 110 valence electrons. The van der Waals surface area contributed by atoms with Crippen molar-refractivity contribution in [3.8, 4) is 0 Å². The summed E-state index contributed by atoms with van der Waals surface area (Å²) in [5.74, 6) is 1.68. The summed E-state index contributed by atoms with van der Waals surface area (Å²) in [6.45, 7) is 6.86. The number of rotatable bonds is 4. The van der Waals surface area contributed by atoms with E-state index in [9.17, 15) is 4.79 Å². The van der Waals surface area contributed by atoms with Crippen LogP contribution >= 0.6 is 0 Å². The van der Waals surface area contributed by atoms with Gasteiger partial charge >= 0.3 is 0 Å². The van der Waals surface area contributed by atoms with Crippen LogP contribution in [0.15, 0.2) is 0 Å². The fraction of sp³-hybridized carbons (Fsp3) is 0.933. The second-order valence-corrected chi connectivity index (χ2v) is 6.37. The molecule has 3 atom stereocenters. The second-order valence-electron chi connectivity index (χ2n) is 6.37. The molecule has 1 aliphatic heterocycles. The first kappa shape index (κ1) is 14.8. The monoisotopic (exact) mass is 268 g/mol. The van der Waals surface area contributed by atoms with Gasteiger partial charge in [0.1, 0.15) is 0 Å². The van der Waals surface area contributed by atoms with E-state index < -0.39 is 0 Å². The highest BCUT2D eigenvalue weighted by Gasteiger charge is 2.26. The number of morpholine rings is 1. The van der Waals surface area contributed by atoms with Gasteiger partial charge in [0.2, 0.25) is 5.91 Å². The molecule has 2 fully saturated rings. The zero-order valence-corrected chi connectivity index (χ0v) is 12.3. The molecule has 3 unspecified atom stereocenters. The Balaban J connectivity index is 1.72. The maximum Gasteiger partial charge on any atom is 0.221 e. The summed E-state index contributed by atoms with van der Waals surface area (Å²) < 4.78 is 5.38. The van der Waals surface area contributed by atoms with Crippen LogP contribution in [0.3, 0.4) is 0 Å². The second kappa shape index (κ2) is 7.25. The lowest BCUT2D eigenvalue weighted by Gasteiger charge is -2.32. The third kappa shape index (κ3) is 4.77. The molecule has 1 saturated heterocycles. The molecule has 4 nitrogen and oxygen atoms in total. The van der Waals surface area contributed by atoms with Gasteiger partial charge < -0.3 is 15.4 Å². The van der Waals surface area contributed by atoms with Crippen LogP contribution < -0.4 is 10.6 Å². The van der Waals surface area contributed by atoms with E-state index >= 15 is 0 Å². The van der Waals surface area contributed by atoms with Gasteiger partial charge in [-0.2, -0.15) is 0 Å². The highest BCUT2D eigenvalue weighted by Crippen LogP contribution is 2.29. The smallest absolute Gasteiger partial charge is 0.221 e. The average molecular weight is 268 g/mol. The molecule has 2 rings (SSSR count). The normalized spacial score (nSPS) is 32.3. The summed E-state index contributed by atoms with van der Waals surface area (Å²) >= 11 is 0. The summed E-state index contributed by atoms with van der Waals surface area (Å²) in [5, 5.41) is 6.54. The first-order valence-electron chi connectivity index (χ1n) is 7.75. The van der Waals surface area contributed by atoms with Crippen LogP contribution in [0.2, 0.25) is 0 Å². The maximum absolute atomic E-state index is 12.0. The van der Waals surface area contributed by atoms with Gasteiger partial charge in [0.05, 0.1) is 13.2 Å². The lowest BCUT2D eigenvalue weighted by Crippen LogP contribution is -2.46. The van der Waals surface area contributed by atoms with E-state index in [-0.39, 0.29) is 11.9 Å². The van der Waals surface area contributed by atoms with Crippen LogP contribution in [0.4, 0.5) is 0 Å². The van der Waals surface area contributed by atoms with E-state index in [1.54, 1.807) is 0 Å². The van der Waals surface area contributed by atoms with Gasteiger partial charge in [-0.15, -0.1) is 0 Å². The van der Waals surface area contributed by atoms with Gasteiger partial charge in [0, 0.05) is 25.0 Å². The van der Waals surface area contributed by atoms with Crippen LogP contribution in [0.5, 0.6) is 0 Å². The van der Waals surface area contributed by atoms with Gasteiger partial charge in [0.15, 0.2) is 0 Å². The molecule has 0 aromatic carbocycles. The van der Waals surface area contributed by atoms with E-state index in [4.69, 9.17) is 4.74 Å². The van der Waals surface area contributed by atoms with Crippen molar-refractivity contribution in [1.82, 2.24) is 10.6 Å². The van der Waals surface area contributed by atoms with Crippen LogP contribution in [0.1, 0.15) is 46.0 Å². The van der Waals surface area contributed by atoms with Gasteiger partial charge in [-0.1, -0.05) is 26.7 Å². The van der Waals surface area contributed by atoms with E-state index in [1.807, 2.05) is 0 Å². The highest BCUT2D eigenvalue weighted by molar-refractivity contribution is 5.76. The Kier molecular flexibility index (Phi) is 5.64. The largest absolute Gasteiger partial charge is 0.378 e. The van der Waals surface area contributed by atoms with Crippen molar-refractivity contribution < 1.29 is 9.53 Å². The first-order chi connectivity index (χ1) is 9.15. The number of ether oxygens (including phenoxy) is 1. The number of nitrogens with one attached hydrogen (secondary N) is 2. The molecule has 2 aliphatic rings. The molecular formula is C15H28N2O2. The van der Waals surface area contributed by atoms with Gasteiger partial charge in [-0.3, -0.25) is 4.79 Å². The van der Waals surface area contributed by atoms with Gasteiger partial charge in [0.25, 0.3) is 0 Å². The number of amides is 1. The Morgan fingerprint density at radius 2 is 2.26 bits per heavy atom. The van der Waals surface area contributed by atoms with Crippen LogP contribution in [0, 0.1) is 11.8 Å². The zero-order valence-electron chi connectivity index (χ0n) is 12.3. The minimum absolute atomic E-state index is 0.178. The topological polar surface area (TPSA) is 50.4 Å². The Hall–Kier alpha value is -0.610. The van der Waals surface area contributed by atoms with Crippen molar-refractivity contribution in [3.05, 3.63) is 0 Å². The van der Waals surface area contributed by atoms with E-state index in [2.05, 4.69) is 24.5 Å². The summed E-state index contributed by atoms with van der Waals surface area (Å²) in [6, 6.07) is 0.580. The third-order valence-corrected chi connectivity index (χ3v) is 4.45. The number of carbonyl (C=O) groups excluding carboxylic acids is 1. The van der Waals surface area contributed by atoms with Crippen molar-refractivity contribution in [3.63, 3.8) is 0 Å². The number of hydrogen-bond acceptors (Lipinski definition) is 3. The molecule has 1 saturated carbocycles. The fourth-order valence-corrected chi connectivity index (χ4v) is 3.23. The van der Waals surface area contributed by atoms with E-state index in [1.165, 1.54) is 12.8 Å². The van der Waals surface area contributed by atoms with Gasteiger partial charge in [-0.05, 0) is 24.7 Å². The fourth-order valence-electron chi connectivity index (χ4n) is 3.23. The lowest BCUT2D eigenvalue weighted by atomic mass is 9.79. The van der Waals surface area contributed by atoms with Crippen molar-refractivity contribution in [2.24, 2.45) is 11.8 Å². The molecule has 0 aromatic rings. The predicted octanol–water partition coefficient (Wildman–Crippen LogP) is 1.70. The molecule has 2 N–H and O–H groups in total. The maximum atomic E-state index is 12.0. The van der Waals surface area contributed by atoms with Crippen molar-refractivity contribution >= 4 is 5.91 Å². The van der Waals surface area contributed by atoms with Crippen molar-refractivity contribution in [1.29, 1.82) is 0 Å². The molecular weight excluding hydrogens is 240 g/mol. The van der Waals surface area contributed by atoms with Crippen molar-refractivity contribution in [2.75, 3.05) is 19.8 Å². The molecule has 0 aromatic heterocycles. The Bertz CT molecular complexity index is 288. The quantitative estimate of drug-likeness (QED) is 0.816. The molecule has 1 heterocycles. The average Bonchev–Trinajstić information content (AvgIpc) is 2.40. The SMILES string of the molecule is CC(C)C1CCCC(NC(=O)CC2COCCN2)C1. The molecule has 0 spiro atoms. The lowest BCUT2D eigenvalue weighted by molar-refractivity contribution is -0.123. The summed E-state index contributed by atoms with van der Waals surface area (Å²) in [7, 11) is 0. The third-order valence-electron chi connectivity index (χ3n) is 4.45. The summed E-state index contributed by atoms with van der Waals surface area (Å²) in [6.07, 6.45) is 5.41.